The minimum absolute atomic E-state index is 0.134. The zero-order valence-corrected chi connectivity index (χ0v) is 14.8. The quantitative estimate of drug-likeness (QED) is 0.837. The van der Waals surface area contributed by atoms with Crippen LogP contribution >= 0.6 is 0 Å². The topological polar surface area (TPSA) is 31.4 Å². The van der Waals surface area contributed by atoms with Crippen LogP contribution in [0.15, 0.2) is 12.3 Å². The van der Waals surface area contributed by atoms with Crippen molar-refractivity contribution in [1.29, 1.82) is 0 Å². The van der Waals surface area contributed by atoms with Gasteiger partial charge >= 0.3 is 0 Å². The SMILES string of the molecule is Cc1cc(CNC(C)(C)C)cnc1N(C)CCCN(C)C. The minimum atomic E-state index is 0.134. The third kappa shape index (κ3) is 6.91. The number of nitrogens with zero attached hydrogens (tertiary/aromatic N) is 3. The molecule has 1 aromatic heterocycles. The second-order valence-electron chi connectivity index (χ2n) is 7.17. The largest absolute Gasteiger partial charge is 0.359 e. The number of hydrogen-bond acceptors (Lipinski definition) is 4. The number of hydrogen-bond donors (Lipinski definition) is 1. The van der Waals surface area contributed by atoms with Crippen LogP contribution in [0.25, 0.3) is 0 Å². The Morgan fingerprint density at radius 3 is 2.33 bits per heavy atom. The maximum atomic E-state index is 4.65. The van der Waals surface area contributed by atoms with Gasteiger partial charge in [-0.3, -0.25) is 0 Å². The van der Waals surface area contributed by atoms with Crippen LogP contribution in [0.3, 0.4) is 0 Å². The van der Waals surface area contributed by atoms with Gasteiger partial charge in [0.05, 0.1) is 0 Å². The number of rotatable bonds is 7. The number of nitrogens with one attached hydrogen (secondary N) is 1. The summed E-state index contributed by atoms with van der Waals surface area (Å²) in [6, 6.07) is 2.24. The Balaban J connectivity index is 2.60. The van der Waals surface area contributed by atoms with Crippen molar-refractivity contribution in [3.05, 3.63) is 23.4 Å². The van der Waals surface area contributed by atoms with Crippen molar-refractivity contribution in [3.63, 3.8) is 0 Å². The van der Waals surface area contributed by atoms with Crippen LogP contribution in [-0.2, 0) is 6.54 Å². The van der Waals surface area contributed by atoms with Crippen LogP contribution in [0.4, 0.5) is 5.82 Å². The Hall–Kier alpha value is -1.13. The number of aryl methyl sites for hydroxylation is 1. The standard InChI is InChI=1S/C17H32N4/c1-14-11-15(13-19-17(2,3)4)12-18-16(14)21(7)10-8-9-20(5)6/h11-12,19H,8-10,13H2,1-7H3. The van der Waals surface area contributed by atoms with Gasteiger partial charge in [0.15, 0.2) is 0 Å². The second kappa shape index (κ2) is 7.76. The van der Waals surface area contributed by atoms with Crippen molar-refractivity contribution in [2.24, 2.45) is 0 Å². The predicted molar refractivity (Wildman–Crippen MR) is 92.0 cm³/mol. The zero-order chi connectivity index (χ0) is 16.0. The molecule has 0 bridgehead atoms. The average molecular weight is 292 g/mol. The first-order chi connectivity index (χ1) is 9.69. The van der Waals surface area contributed by atoms with Gasteiger partial charge in [-0.25, -0.2) is 4.98 Å². The lowest BCUT2D eigenvalue weighted by Gasteiger charge is -2.23. The summed E-state index contributed by atoms with van der Waals surface area (Å²) in [5.74, 6) is 1.09. The number of aromatic nitrogens is 1. The summed E-state index contributed by atoms with van der Waals surface area (Å²) in [5.41, 5.74) is 2.62. The number of pyridine rings is 1. The molecule has 0 radical (unpaired) electrons. The average Bonchev–Trinajstić information content (AvgIpc) is 2.35. The third-order valence-electron chi connectivity index (χ3n) is 3.39. The third-order valence-corrected chi connectivity index (χ3v) is 3.39. The fourth-order valence-corrected chi connectivity index (χ4v) is 2.22. The molecule has 0 aromatic carbocycles. The van der Waals surface area contributed by atoms with E-state index in [9.17, 15) is 0 Å². The maximum Gasteiger partial charge on any atom is 0.131 e. The van der Waals surface area contributed by atoms with Gasteiger partial charge in [0, 0.05) is 31.9 Å². The normalized spacial score (nSPS) is 12.0. The molecule has 0 aliphatic carbocycles. The first-order valence-corrected chi connectivity index (χ1v) is 7.75. The Kier molecular flexibility index (Phi) is 6.62. The summed E-state index contributed by atoms with van der Waals surface area (Å²) < 4.78 is 0. The van der Waals surface area contributed by atoms with E-state index in [1.807, 2.05) is 6.20 Å². The molecule has 4 nitrogen and oxygen atoms in total. The summed E-state index contributed by atoms with van der Waals surface area (Å²) >= 11 is 0. The van der Waals surface area contributed by atoms with E-state index in [1.54, 1.807) is 0 Å². The summed E-state index contributed by atoms with van der Waals surface area (Å²) in [7, 11) is 6.35. The highest BCUT2D eigenvalue weighted by Gasteiger charge is 2.11. The van der Waals surface area contributed by atoms with Crippen LogP contribution in [0.2, 0.25) is 0 Å². The molecule has 0 atom stereocenters. The van der Waals surface area contributed by atoms with E-state index in [0.29, 0.717) is 0 Å². The Bertz CT molecular complexity index is 435. The molecule has 1 N–H and O–H groups in total. The van der Waals surface area contributed by atoms with Gasteiger partial charge in [-0.05, 0) is 71.9 Å². The van der Waals surface area contributed by atoms with Crippen LogP contribution in [0, 0.1) is 6.92 Å². The molecule has 0 aliphatic heterocycles. The molecule has 4 heteroatoms. The fraction of sp³-hybridized carbons (Fsp3) is 0.706. The molecule has 0 saturated heterocycles. The molecule has 120 valence electrons. The fourth-order valence-electron chi connectivity index (χ4n) is 2.22. The molecule has 0 saturated carbocycles. The van der Waals surface area contributed by atoms with Crippen molar-refractivity contribution in [2.45, 2.75) is 46.2 Å². The summed E-state index contributed by atoms with van der Waals surface area (Å²) in [6.45, 7) is 11.7. The molecule has 0 amide bonds. The van der Waals surface area contributed by atoms with Crippen LogP contribution in [0.1, 0.15) is 38.3 Å². The van der Waals surface area contributed by atoms with Gasteiger partial charge in [0.25, 0.3) is 0 Å². The smallest absolute Gasteiger partial charge is 0.131 e. The van der Waals surface area contributed by atoms with Crippen molar-refractivity contribution < 1.29 is 0 Å². The van der Waals surface area contributed by atoms with Crippen molar-refractivity contribution in [3.8, 4) is 0 Å². The maximum absolute atomic E-state index is 4.65. The van der Waals surface area contributed by atoms with E-state index in [1.165, 1.54) is 11.1 Å². The van der Waals surface area contributed by atoms with Crippen LogP contribution < -0.4 is 10.2 Å². The van der Waals surface area contributed by atoms with Gasteiger partial charge < -0.3 is 15.1 Å². The Morgan fingerprint density at radius 1 is 1.14 bits per heavy atom. The van der Waals surface area contributed by atoms with Crippen molar-refractivity contribution >= 4 is 5.82 Å². The van der Waals surface area contributed by atoms with E-state index in [2.05, 4.69) is 75.0 Å². The molecule has 0 aliphatic rings. The Morgan fingerprint density at radius 2 is 1.81 bits per heavy atom. The number of anilines is 1. The molecule has 21 heavy (non-hydrogen) atoms. The second-order valence-corrected chi connectivity index (χ2v) is 7.17. The van der Waals surface area contributed by atoms with Gasteiger partial charge in [0.1, 0.15) is 5.82 Å². The van der Waals surface area contributed by atoms with Crippen molar-refractivity contribution in [1.82, 2.24) is 15.2 Å². The summed E-state index contributed by atoms with van der Waals surface area (Å²) in [6.07, 6.45) is 3.14. The minimum Gasteiger partial charge on any atom is -0.359 e. The predicted octanol–water partition coefficient (Wildman–Crippen LogP) is 2.67. The molecule has 1 rings (SSSR count). The zero-order valence-electron chi connectivity index (χ0n) is 14.8. The highest BCUT2D eigenvalue weighted by molar-refractivity contribution is 5.46. The van der Waals surface area contributed by atoms with E-state index in [0.717, 1.165) is 31.9 Å². The monoisotopic (exact) mass is 292 g/mol. The van der Waals surface area contributed by atoms with Gasteiger partial charge in [-0.2, -0.15) is 0 Å². The first-order valence-electron chi connectivity index (χ1n) is 7.75. The lowest BCUT2D eigenvalue weighted by molar-refractivity contribution is 0.401. The van der Waals surface area contributed by atoms with E-state index < -0.39 is 0 Å². The van der Waals surface area contributed by atoms with Gasteiger partial charge in [0.2, 0.25) is 0 Å². The Labute approximate surface area is 130 Å². The highest BCUT2D eigenvalue weighted by Crippen LogP contribution is 2.17. The van der Waals surface area contributed by atoms with Crippen LogP contribution in [-0.4, -0.2) is 49.7 Å². The van der Waals surface area contributed by atoms with E-state index >= 15 is 0 Å². The summed E-state index contributed by atoms with van der Waals surface area (Å²) in [5, 5.41) is 3.50. The van der Waals surface area contributed by atoms with E-state index in [4.69, 9.17) is 0 Å². The molecular weight excluding hydrogens is 260 g/mol. The lowest BCUT2D eigenvalue weighted by atomic mass is 10.1. The molecule has 1 heterocycles. The summed E-state index contributed by atoms with van der Waals surface area (Å²) in [4.78, 5) is 9.12. The van der Waals surface area contributed by atoms with Gasteiger partial charge in [-0.1, -0.05) is 0 Å². The molecule has 1 aromatic rings. The van der Waals surface area contributed by atoms with Gasteiger partial charge in [-0.15, -0.1) is 0 Å². The molecular formula is C17H32N4. The molecule has 0 fully saturated rings. The highest BCUT2D eigenvalue weighted by atomic mass is 15.2. The molecule has 0 spiro atoms. The van der Waals surface area contributed by atoms with Crippen molar-refractivity contribution in [2.75, 3.05) is 39.1 Å². The lowest BCUT2D eigenvalue weighted by Crippen LogP contribution is -2.35. The first kappa shape index (κ1) is 17.9. The van der Waals surface area contributed by atoms with E-state index in [-0.39, 0.29) is 5.54 Å². The molecule has 0 unspecified atom stereocenters. The van der Waals surface area contributed by atoms with Crippen LogP contribution in [0.5, 0.6) is 0 Å².